The van der Waals surface area contributed by atoms with E-state index in [0.29, 0.717) is 21.3 Å². The predicted molar refractivity (Wildman–Crippen MR) is 165 cm³/mol. The standard InChI is InChI=1S/C29H21BrN4O7S2/c1-41-20-11-5-17(6-12-20)31-21(35)14-32-28-25(43-29(32)38)22(15-3-2-4-16(30)13-15)23-24(42-28)27(37)33(26(23)36)18-7-9-19(10-8-18)34(39)40/h2-13,22-24H,14H2,1H3,(H,31,35)/t22-,23?,24?/m1/s1. The van der Waals surface area contributed by atoms with Crippen molar-refractivity contribution in [1.82, 2.24) is 4.57 Å². The summed E-state index contributed by atoms with van der Waals surface area (Å²) in [6, 6.07) is 19.3. The van der Waals surface area contributed by atoms with Crippen molar-refractivity contribution in [2.75, 3.05) is 17.3 Å². The van der Waals surface area contributed by atoms with Crippen LogP contribution in [0, 0.1) is 16.0 Å². The lowest BCUT2D eigenvalue weighted by molar-refractivity contribution is -0.384. The van der Waals surface area contributed by atoms with Crippen LogP contribution in [0.3, 0.4) is 0 Å². The van der Waals surface area contributed by atoms with Gasteiger partial charge in [0, 0.05) is 33.1 Å². The van der Waals surface area contributed by atoms with E-state index >= 15 is 0 Å². The van der Waals surface area contributed by atoms with E-state index in [1.807, 2.05) is 24.3 Å². The molecule has 1 aromatic heterocycles. The minimum absolute atomic E-state index is 0.166. The number of amides is 3. The molecule has 218 valence electrons. The second-order valence-corrected chi connectivity index (χ2v) is 12.8. The molecular weight excluding hydrogens is 660 g/mol. The van der Waals surface area contributed by atoms with Crippen LogP contribution in [0.25, 0.3) is 0 Å². The minimum atomic E-state index is -0.885. The van der Waals surface area contributed by atoms with Gasteiger partial charge in [0.1, 0.15) is 17.5 Å². The molecule has 3 aromatic carbocycles. The number of nitro benzene ring substituents is 1. The van der Waals surface area contributed by atoms with Gasteiger partial charge in [-0.25, -0.2) is 4.90 Å². The fraction of sp³-hybridized carbons (Fsp3) is 0.172. The van der Waals surface area contributed by atoms with Crippen LogP contribution in [-0.2, 0) is 20.9 Å². The first-order chi connectivity index (χ1) is 20.7. The third-order valence-electron chi connectivity index (χ3n) is 7.25. The maximum Gasteiger partial charge on any atom is 0.308 e. The number of anilines is 2. The largest absolute Gasteiger partial charge is 0.497 e. The first-order valence-electron chi connectivity index (χ1n) is 12.9. The summed E-state index contributed by atoms with van der Waals surface area (Å²) in [7, 11) is 1.54. The zero-order chi connectivity index (χ0) is 30.4. The smallest absolute Gasteiger partial charge is 0.308 e. The highest BCUT2D eigenvalue weighted by Gasteiger charge is 2.56. The molecule has 1 fully saturated rings. The Labute approximate surface area is 260 Å². The topological polar surface area (TPSA) is 141 Å². The van der Waals surface area contributed by atoms with Crippen molar-refractivity contribution in [2.24, 2.45) is 5.92 Å². The van der Waals surface area contributed by atoms with Crippen LogP contribution in [0.2, 0.25) is 0 Å². The number of benzene rings is 3. The Balaban J connectivity index is 1.38. The van der Waals surface area contributed by atoms with Crippen LogP contribution in [0.4, 0.5) is 17.1 Å². The highest BCUT2D eigenvalue weighted by molar-refractivity contribution is 9.10. The summed E-state index contributed by atoms with van der Waals surface area (Å²) in [4.78, 5) is 66.0. The lowest BCUT2D eigenvalue weighted by Crippen LogP contribution is -2.33. The quantitative estimate of drug-likeness (QED) is 0.163. The van der Waals surface area contributed by atoms with Gasteiger partial charge in [0.05, 0.1) is 28.7 Å². The molecule has 0 spiro atoms. The number of ether oxygens (including phenoxy) is 1. The molecular formula is C29H21BrN4O7S2. The van der Waals surface area contributed by atoms with Crippen molar-refractivity contribution in [3.8, 4) is 5.75 Å². The Morgan fingerprint density at radius 1 is 1.05 bits per heavy atom. The highest BCUT2D eigenvalue weighted by Crippen LogP contribution is 2.54. The van der Waals surface area contributed by atoms with E-state index in [2.05, 4.69) is 21.2 Å². The van der Waals surface area contributed by atoms with Crippen molar-refractivity contribution in [2.45, 2.75) is 22.7 Å². The predicted octanol–water partition coefficient (Wildman–Crippen LogP) is 5.02. The van der Waals surface area contributed by atoms with E-state index in [1.54, 1.807) is 24.3 Å². The molecule has 0 aliphatic carbocycles. The number of hydrogen-bond acceptors (Lipinski definition) is 9. The molecule has 4 aromatic rings. The Kier molecular flexibility index (Phi) is 7.66. The number of fused-ring (bicyclic) bond motifs is 2. The molecule has 3 amide bonds. The summed E-state index contributed by atoms with van der Waals surface area (Å²) in [5.74, 6) is -2.24. The molecule has 3 heterocycles. The van der Waals surface area contributed by atoms with Crippen molar-refractivity contribution >= 4 is 73.8 Å². The van der Waals surface area contributed by atoms with E-state index in [9.17, 15) is 29.3 Å². The third kappa shape index (κ3) is 5.26. The second kappa shape index (κ2) is 11.4. The van der Waals surface area contributed by atoms with Gasteiger partial charge in [0.15, 0.2) is 0 Å². The lowest BCUT2D eigenvalue weighted by atomic mass is 9.83. The number of nitrogens with zero attached hydrogens (tertiary/aromatic N) is 3. The molecule has 14 heteroatoms. The molecule has 1 N–H and O–H groups in total. The number of rotatable bonds is 7. The molecule has 2 aliphatic heterocycles. The molecule has 6 rings (SSSR count). The Bertz CT molecular complexity index is 1840. The van der Waals surface area contributed by atoms with Crippen molar-refractivity contribution in [3.63, 3.8) is 0 Å². The number of carbonyl (C=O) groups is 3. The van der Waals surface area contributed by atoms with Gasteiger partial charge in [-0.2, -0.15) is 0 Å². The lowest BCUT2D eigenvalue weighted by Gasteiger charge is -2.30. The summed E-state index contributed by atoms with van der Waals surface area (Å²) < 4.78 is 7.25. The summed E-state index contributed by atoms with van der Waals surface area (Å²) >= 11 is 5.53. The SMILES string of the molecule is COc1ccc(NC(=O)Cn2c3c(sc2=O)[C@H](c2cccc(Br)c2)C2C(=O)N(c4ccc([N+](=O)[O-])cc4)C(=O)C2S3)cc1. The zero-order valence-corrected chi connectivity index (χ0v) is 25.5. The summed E-state index contributed by atoms with van der Waals surface area (Å²) in [5, 5.41) is 13.5. The number of halogens is 1. The van der Waals surface area contributed by atoms with Crippen LogP contribution < -0.4 is 19.8 Å². The number of thioether (sulfide) groups is 1. The molecule has 1 saturated heterocycles. The van der Waals surface area contributed by atoms with E-state index < -0.39 is 39.7 Å². The van der Waals surface area contributed by atoms with E-state index in [1.165, 1.54) is 35.9 Å². The van der Waals surface area contributed by atoms with Gasteiger partial charge in [0.25, 0.3) is 5.69 Å². The van der Waals surface area contributed by atoms with Gasteiger partial charge in [-0.15, -0.1) is 0 Å². The van der Waals surface area contributed by atoms with Gasteiger partial charge in [-0.3, -0.25) is 33.9 Å². The normalized spacial score (nSPS) is 19.1. The Hall–Kier alpha value is -4.27. The van der Waals surface area contributed by atoms with Crippen LogP contribution in [0.1, 0.15) is 16.4 Å². The number of hydrogen-bond donors (Lipinski definition) is 1. The van der Waals surface area contributed by atoms with Gasteiger partial charge in [-0.05, 0) is 54.1 Å². The van der Waals surface area contributed by atoms with Crippen molar-refractivity contribution < 1.29 is 24.0 Å². The fourth-order valence-electron chi connectivity index (χ4n) is 5.31. The van der Waals surface area contributed by atoms with Gasteiger partial charge < -0.3 is 10.1 Å². The average Bonchev–Trinajstić information content (AvgIpc) is 3.43. The number of methoxy groups -OCH3 is 1. The molecule has 3 atom stereocenters. The fourth-order valence-corrected chi connectivity index (χ4v) is 8.50. The number of imide groups is 1. The average molecular weight is 682 g/mol. The maximum atomic E-state index is 14.0. The number of aromatic nitrogens is 1. The molecule has 43 heavy (non-hydrogen) atoms. The summed E-state index contributed by atoms with van der Waals surface area (Å²) in [6.45, 7) is -0.291. The molecule has 0 bridgehead atoms. The molecule has 2 unspecified atom stereocenters. The van der Waals surface area contributed by atoms with Crippen molar-refractivity contribution in [3.05, 3.63) is 107 Å². The second-order valence-electron chi connectivity index (χ2n) is 9.78. The monoisotopic (exact) mass is 680 g/mol. The number of nitrogens with one attached hydrogen (secondary N) is 1. The molecule has 0 radical (unpaired) electrons. The number of non-ortho nitro benzene ring substituents is 1. The summed E-state index contributed by atoms with van der Waals surface area (Å²) in [6.07, 6.45) is 0. The Morgan fingerprint density at radius 3 is 2.42 bits per heavy atom. The number of thiazole rings is 1. The number of nitro groups is 1. The first kappa shape index (κ1) is 28.8. The summed E-state index contributed by atoms with van der Waals surface area (Å²) in [5.41, 5.74) is 1.32. The molecule has 11 nitrogen and oxygen atoms in total. The Morgan fingerprint density at radius 2 is 1.77 bits per heavy atom. The van der Waals surface area contributed by atoms with Crippen LogP contribution in [0.15, 0.2) is 87.1 Å². The zero-order valence-electron chi connectivity index (χ0n) is 22.3. The third-order valence-corrected chi connectivity index (χ3v) is 10.3. The first-order valence-corrected chi connectivity index (χ1v) is 15.4. The van der Waals surface area contributed by atoms with E-state index in [4.69, 9.17) is 4.74 Å². The molecule has 0 saturated carbocycles. The van der Waals surface area contributed by atoms with Gasteiger partial charge in [-0.1, -0.05) is 51.2 Å². The highest BCUT2D eigenvalue weighted by atomic mass is 79.9. The van der Waals surface area contributed by atoms with Crippen LogP contribution in [-0.4, -0.2) is 39.6 Å². The van der Waals surface area contributed by atoms with Crippen molar-refractivity contribution in [1.29, 1.82) is 0 Å². The van der Waals surface area contributed by atoms with E-state index in [0.717, 1.165) is 38.0 Å². The number of carbonyl (C=O) groups excluding carboxylic acids is 3. The van der Waals surface area contributed by atoms with Crippen LogP contribution >= 0.6 is 39.0 Å². The van der Waals surface area contributed by atoms with Gasteiger partial charge in [0.2, 0.25) is 17.7 Å². The van der Waals surface area contributed by atoms with Gasteiger partial charge >= 0.3 is 4.87 Å². The minimum Gasteiger partial charge on any atom is -0.497 e. The van der Waals surface area contributed by atoms with Crippen LogP contribution in [0.5, 0.6) is 5.75 Å². The molecule has 2 aliphatic rings. The van der Waals surface area contributed by atoms with E-state index in [-0.39, 0.29) is 22.8 Å². The maximum absolute atomic E-state index is 14.0.